The van der Waals surface area contributed by atoms with Crippen LogP contribution in [-0.2, 0) is 9.84 Å². The SMILES string of the molecule is C/C=C\C=C/C/C(C1=C(c2cc(-c3ccccc3)sc2[Si](C)(C)C)C(F)(F)C(F)(F)C1(F)F)=C(/CCC)S(C)(=O)=O. The number of alkyl halides is 6. The minimum Gasteiger partial charge on any atom is -0.224 e. The maximum Gasteiger partial charge on any atom is 0.380 e. The maximum atomic E-state index is 15.9. The molecule has 1 aromatic heterocycles. The highest BCUT2D eigenvalue weighted by Crippen LogP contribution is 2.64. The van der Waals surface area contributed by atoms with E-state index in [-0.39, 0.29) is 18.4 Å². The first-order chi connectivity index (χ1) is 18.8. The average Bonchev–Trinajstić information content (AvgIpc) is 3.35. The predicted octanol–water partition coefficient (Wildman–Crippen LogP) is 9.25. The lowest BCUT2D eigenvalue weighted by atomic mass is 9.92. The highest BCUT2D eigenvalue weighted by atomic mass is 32.2. The lowest BCUT2D eigenvalue weighted by Crippen LogP contribution is -2.49. The van der Waals surface area contributed by atoms with Crippen LogP contribution >= 0.6 is 11.3 Å². The van der Waals surface area contributed by atoms with Gasteiger partial charge >= 0.3 is 17.8 Å². The van der Waals surface area contributed by atoms with Gasteiger partial charge in [-0.05, 0) is 47.0 Å². The third kappa shape index (κ3) is 6.08. The summed E-state index contributed by atoms with van der Waals surface area (Å²) in [6.45, 7) is 8.73. The van der Waals surface area contributed by atoms with E-state index >= 15 is 26.3 Å². The molecule has 0 unspecified atom stereocenters. The summed E-state index contributed by atoms with van der Waals surface area (Å²) in [6, 6.07) is 9.91. The molecule has 0 spiro atoms. The molecular formula is C30H34F6O2S2Si. The summed E-state index contributed by atoms with van der Waals surface area (Å²) in [5, 5.41) is 0. The molecule has 0 saturated carbocycles. The first kappa shape index (κ1) is 33.1. The van der Waals surface area contributed by atoms with Crippen LogP contribution in [0.1, 0.15) is 38.7 Å². The summed E-state index contributed by atoms with van der Waals surface area (Å²) in [5.41, 5.74) is -3.54. The molecule has 1 aliphatic rings. The monoisotopic (exact) mass is 632 g/mol. The van der Waals surface area contributed by atoms with E-state index in [1.807, 2.05) is 19.6 Å². The van der Waals surface area contributed by atoms with Gasteiger partial charge in [-0.15, -0.1) is 11.3 Å². The van der Waals surface area contributed by atoms with Crippen molar-refractivity contribution in [2.45, 2.75) is 70.5 Å². The molecule has 0 N–H and O–H groups in total. The van der Waals surface area contributed by atoms with E-state index in [1.165, 1.54) is 24.3 Å². The molecule has 0 aliphatic heterocycles. The first-order valence-corrected chi connectivity index (χ1v) is 19.3. The Morgan fingerprint density at radius 3 is 2.10 bits per heavy atom. The normalized spacial score (nSPS) is 19.4. The molecule has 224 valence electrons. The van der Waals surface area contributed by atoms with Crippen molar-refractivity contribution in [3.63, 3.8) is 0 Å². The number of benzene rings is 1. The average molecular weight is 633 g/mol. The largest absolute Gasteiger partial charge is 0.380 e. The van der Waals surface area contributed by atoms with Gasteiger partial charge in [0, 0.05) is 27.2 Å². The third-order valence-corrected chi connectivity index (χ3v) is 12.9. The van der Waals surface area contributed by atoms with E-state index in [0.717, 1.165) is 17.6 Å². The van der Waals surface area contributed by atoms with Gasteiger partial charge in [-0.1, -0.05) is 87.6 Å². The zero-order chi connectivity index (χ0) is 31.0. The van der Waals surface area contributed by atoms with Crippen molar-refractivity contribution in [2.75, 3.05) is 6.26 Å². The Labute approximate surface area is 243 Å². The van der Waals surface area contributed by atoms with Crippen LogP contribution < -0.4 is 4.50 Å². The first-order valence-electron chi connectivity index (χ1n) is 13.1. The van der Waals surface area contributed by atoms with E-state index in [2.05, 4.69) is 0 Å². The van der Waals surface area contributed by atoms with Crippen molar-refractivity contribution < 1.29 is 34.8 Å². The van der Waals surface area contributed by atoms with Crippen molar-refractivity contribution in [2.24, 2.45) is 0 Å². The molecule has 41 heavy (non-hydrogen) atoms. The van der Waals surface area contributed by atoms with Gasteiger partial charge in [0.25, 0.3) is 0 Å². The predicted molar refractivity (Wildman–Crippen MR) is 160 cm³/mol. The molecule has 0 saturated heterocycles. The number of hydrogen-bond acceptors (Lipinski definition) is 3. The number of thiophene rings is 1. The van der Waals surface area contributed by atoms with E-state index in [1.54, 1.807) is 50.3 Å². The molecular weight excluding hydrogens is 599 g/mol. The lowest BCUT2D eigenvalue weighted by Gasteiger charge is -2.26. The number of hydrogen-bond donors (Lipinski definition) is 0. The topological polar surface area (TPSA) is 34.1 Å². The second kappa shape index (κ2) is 11.7. The van der Waals surface area contributed by atoms with Crippen LogP contribution in [0.25, 0.3) is 16.0 Å². The van der Waals surface area contributed by atoms with Gasteiger partial charge in [0.05, 0.1) is 8.07 Å². The molecule has 0 atom stereocenters. The van der Waals surface area contributed by atoms with Gasteiger partial charge in [-0.25, -0.2) is 8.42 Å². The fourth-order valence-electron chi connectivity index (χ4n) is 4.87. The fourth-order valence-corrected chi connectivity index (χ4v) is 9.56. The van der Waals surface area contributed by atoms with Crippen LogP contribution in [0.2, 0.25) is 19.6 Å². The second-order valence-corrected chi connectivity index (χ2v) is 19.5. The Balaban J connectivity index is 2.60. The highest BCUT2D eigenvalue weighted by molar-refractivity contribution is 7.94. The van der Waals surface area contributed by atoms with Gasteiger partial charge in [0.2, 0.25) is 0 Å². The minimum atomic E-state index is -5.79. The molecule has 0 bridgehead atoms. The van der Waals surface area contributed by atoms with Crippen LogP contribution in [-0.4, -0.2) is 40.5 Å². The number of allylic oxidation sites excluding steroid dienone is 8. The Hall–Kier alpha value is -2.37. The molecule has 0 amide bonds. The van der Waals surface area contributed by atoms with Gasteiger partial charge in [-0.3, -0.25) is 0 Å². The summed E-state index contributed by atoms with van der Waals surface area (Å²) >= 11 is 1.12. The van der Waals surface area contributed by atoms with Crippen LogP contribution in [0.4, 0.5) is 26.3 Å². The molecule has 1 heterocycles. The van der Waals surface area contributed by atoms with Crippen LogP contribution in [0.3, 0.4) is 0 Å². The Morgan fingerprint density at radius 2 is 1.59 bits per heavy atom. The Kier molecular flexibility index (Phi) is 9.47. The third-order valence-electron chi connectivity index (χ3n) is 6.73. The van der Waals surface area contributed by atoms with Crippen molar-refractivity contribution >= 4 is 39.3 Å². The van der Waals surface area contributed by atoms with Crippen molar-refractivity contribution in [1.29, 1.82) is 0 Å². The quantitative estimate of drug-likeness (QED) is 0.149. The van der Waals surface area contributed by atoms with E-state index in [0.29, 0.717) is 14.9 Å². The van der Waals surface area contributed by atoms with Crippen molar-refractivity contribution in [3.05, 3.63) is 82.3 Å². The van der Waals surface area contributed by atoms with E-state index < -0.39 is 63.7 Å². The smallest absolute Gasteiger partial charge is 0.224 e. The van der Waals surface area contributed by atoms with Crippen molar-refractivity contribution in [1.82, 2.24) is 0 Å². The fraction of sp³-hybridized carbons (Fsp3) is 0.400. The number of sulfone groups is 1. The maximum absolute atomic E-state index is 15.9. The molecule has 2 nitrogen and oxygen atoms in total. The van der Waals surface area contributed by atoms with Gasteiger partial charge in [0.15, 0.2) is 9.84 Å². The van der Waals surface area contributed by atoms with Gasteiger partial charge in [-0.2, -0.15) is 26.3 Å². The summed E-state index contributed by atoms with van der Waals surface area (Å²) in [6.07, 6.45) is 6.04. The minimum absolute atomic E-state index is 0.169. The lowest BCUT2D eigenvalue weighted by molar-refractivity contribution is -0.259. The Morgan fingerprint density at radius 1 is 0.976 bits per heavy atom. The van der Waals surface area contributed by atoms with E-state index in [9.17, 15) is 8.42 Å². The number of rotatable bonds is 10. The highest BCUT2D eigenvalue weighted by Gasteiger charge is 2.80. The molecule has 1 aliphatic carbocycles. The summed E-state index contributed by atoms with van der Waals surface area (Å²) in [4.78, 5) is -0.0755. The van der Waals surface area contributed by atoms with Gasteiger partial charge < -0.3 is 0 Å². The molecule has 11 heteroatoms. The molecule has 2 aromatic rings. The van der Waals surface area contributed by atoms with E-state index in [4.69, 9.17) is 0 Å². The van der Waals surface area contributed by atoms with Crippen LogP contribution in [0.15, 0.2) is 76.8 Å². The zero-order valence-electron chi connectivity index (χ0n) is 23.8. The second-order valence-electron chi connectivity index (χ2n) is 11.0. The van der Waals surface area contributed by atoms with Crippen LogP contribution in [0.5, 0.6) is 0 Å². The molecule has 3 rings (SSSR count). The van der Waals surface area contributed by atoms with Gasteiger partial charge in [0.1, 0.15) is 0 Å². The van der Waals surface area contributed by atoms with Crippen molar-refractivity contribution in [3.8, 4) is 10.4 Å². The molecule has 0 fully saturated rings. The summed E-state index contributed by atoms with van der Waals surface area (Å²) in [7, 11) is -6.82. The summed E-state index contributed by atoms with van der Waals surface area (Å²) in [5.74, 6) is -16.4. The molecule has 0 radical (unpaired) electrons. The Bertz CT molecular complexity index is 1510. The molecule has 1 aromatic carbocycles. The number of halogens is 6. The van der Waals surface area contributed by atoms with Crippen LogP contribution in [0, 0.1) is 0 Å². The standard InChI is InChI=1S/C30H34F6O2S2Si/c1-7-9-10-14-18-21(24(15-8-2)40(3,37)38)25-26(29(33,34)30(35,36)28(25,31)32)22-19-23(20-16-12-11-13-17-20)39-27(22)41(4,5)6/h7,9-14,16-17,19H,8,15,18H2,1-6H3/b9-7-,14-10-,24-21+. The zero-order valence-corrected chi connectivity index (χ0v) is 26.4. The summed E-state index contributed by atoms with van der Waals surface area (Å²) < 4.78 is 120.